The van der Waals surface area contributed by atoms with E-state index in [1.165, 1.54) is 39.4 Å². The molecule has 0 radical (unpaired) electrons. The number of cyclic esters (lactones) is 1. The largest absolute Gasteiger partial charge is 0.466 e. The van der Waals surface area contributed by atoms with E-state index < -0.39 is 108 Å². The fraction of sp³-hybridized carbons (Fsp3) is 0.700. The quantitative estimate of drug-likeness (QED) is 0.0677. The van der Waals surface area contributed by atoms with Gasteiger partial charge in [0.2, 0.25) is 5.79 Å². The summed E-state index contributed by atoms with van der Waals surface area (Å²) in [5.74, 6) is -8.16. The van der Waals surface area contributed by atoms with Crippen LogP contribution >= 0.6 is 0 Å². The Morgan fingerprint density at radius 1 is 0.864 bits per heavy atom. The third-order valence-electron chi connectivity index (χ3n) is 13.7. The molecule has 0 aromatic carbocycles. The van der Waals surface area contributed by atoms with Crippen molar-refractivity contribution < 1.29 is 77.2 Å². The first-order chi connectivity index (χ1) is 31.1. The molecule has 12 unspecified atom stereocenters. The van der Waals surface area contributed by atoms with Crippen molar-refractivity contribution in [3.8, 4) is 0 Å². The maximum Gasteiger partial charge on any atom is 0.331 e. The lowest BCUT2D eigenvalue weighted by atomic mass is 9.61. The van der Waals surface area contributed by atoms with Gasteiger partial charge in [0.1, 0.15) is 12.2 Å². The summed E-state index contributed by atoms with van der Waals surface area (Å²) in [5.41, 5.74) is -1.84. The number of esters is 5. The molecule has 16 nitrogen and oxygen atoms in total. The van der Waals surface area contributed by atoms with Gasteiger partial charge in [-0.1, -0.05) is 97.3 Å². The zero-order valence-corrected chi connectivity index (χ0v) is 40.4. The number of carbonyl (C=O) groups is 5. The molecule has 3 N–H and O–H groups in total. The van der Waals surface area contributed by atoms with Crippen LogP contribution in [0.2, 0.25) is 0 Å². The van der Waals surface area contributed by atoms with Crippen molar-refractivity contribution in [1.29, 1.82) is 0 Å². The third-order valence-corrected chi connectivity index (χ3v) is 13.7. The van der Waals surface area contributed by atoms with Crippen LogP contribution in [-0.4, -0.2) is 120 Å². The number of hydrogen-bond acceptors (Lipinski definition) is 16. The fourth-order valence-corrected chi connectivity index (χ4v) is 9.56. The molecule has 66 heavy (non-hydrogen) atoms. The summed E-state index contributed by atoms with van der Waals surface area (Å²) in [6, 6.07) is 0. The first-order valence-electron chi connectivity index (χ1n) is 23.4. The zero-order valence-electron chi connectivity index (χ0n) is 40.4. The van der Waals surface area contributed by atoms with Gasteiger partial charge in [-0.05, 0) is 43.6 Å². The SMILES string of the molecule is CCCC=CC=CC(=O)OC1C(=CC(=O)OC)CC2CC(CC)OC(=O)CC(O)CC3CC(OC(C)=O)C(C)(C(C)CC)C(O)(CC4CC(=CC(=O)OC)CC(C=CC(C)(C)C1(O)O2)O4)O3. The monoisotopic (exact) mass is 930 g/mol. The number of carbonyl (C=O) groups excluding carboxylic acids is 5. The molecule has 3 saturated heterocycles. The average Bonchev–Trinajstić information content (AvgIpc) is 3.24. The Morgan fingerprint density at radius 3 is 2.20 bits per heavy atom. The van der Waals surface area contributed by atoms with E-state index >= 15 is 0 Å². The van der Waals surface area contributed by atoms with E-state index in [0.717, 1.165) is 18.9 Å². The highest BCUT2D eigenvalue weighted by Crippen LogP contribution is 2.54. The summed E-state index contributed by atoms with van der Waals surface area (Å²) in [5, 5.41) is 37.4. The van der Waals surface area contributed by atoms with Crippen LogP contribution in [0.5, 0.6) is 0 Å². The molecule has 12 atom stereocenters. The van der Waals surface area contributed by atoms with Crippen molar-refractivity contribution in [2.75, 3.05) is 14.2 Å². The lowest BCUT2D eigenvalue weighted by Crippen LogP contribution is -2.66. The van der Waals surface area contributed by atoms with Crippen LogP contribution in [0.15, 0.2) is 59.8 Å². The number of aliphatic hydroxyl groups excluding tert-OH is 1. The predicted octanol–water partition coefficient (Wildman–Crippen LogP) is 6.34. The smallest absolute Gasteiger partial charge is 0.331 e. The molecule has 0 aromatic heterocycles. The second kappa shape index (κ2) is 23.7. The number of allylic oxidation sites excluding steroid dienone is 3. The predicted molar refractivity (Wildman–Crippen MR) is 241 cm³/mol. The number of unbranched alkanes of at least 4 members (excludes halogenated alkanes) is 1. The van der Waals surface area contributed by atoms with Crippen molar-refractivity contribution in [1.82, 2.24) is 0 Å². The van der Waals surface area contributed by atoms with Gasteiger partial charge in [-0.15, -0.1) is 0 Å². The molecule has 0 saturated carbocycles. The highest BCUT2D eigenvalue weighted by Gasteiger charge is 2.62. The maximum atomic E-state index is 13.5. The minimum absolute atomic E-state index is 0.0258. The Balaban J connectivity index is 1.91. The van der Waals surface area contributed by atoms with Crippen LogP contribution in [0.4, 0.5) is 0 Å². The Kier molecular flexibility index (Phi) is 19.5. The molecule has 4 heterocycles. The minimum atomic E-state index is -2.38. The normalized spacial score (nSPS) is 36.0. The van der Waals surface area contributed by atoms with Crippen molar-refractivity contribution in [3.05, 3.63) is 59.8 Å². The van der Waals surface area contributed by atoms with E-state index in [-0.39, 0.29) is 56.4 Å². The van der Waals surface area contributed by atoms with Gasteiger partial charge in [0.05, 0.1) is 56.6 Å². The number of aliphatic hydroxyl groups is 3. The van der Waals surface area contributed by atoms with E-state index in [1.807, 2.05) is 26.8 Å². The molecular formula is C50H74O16. The number of rotatable bonds is 11. The second-order valence-corrected chi connectivity index (χ2v) is 18.9. The Labute approximate surface area is 389 Å². The van der Waals surface area contributed by atoms with E-state index in [4.69, 9.17) is 37.9 Å². The van der Waals surface area contributed by atoms with Gasteiger partial charge in [0, 0.05) is 56.3 Å². The van der Waals surface area contributed by atoms with Crippen molar-refractivity contribution in [2.24, 2.45) is 16.7 Å². The topological polar surface area (TPSA) is 220 Å². The molecule has 0 aromatic rings. The number of fused-ring (bicyclic) bond motifs is 6. The van der Waals surface area contributed by atoms with Gasteiger partial charge < -0.3 is 53.2 Å². The molecule has 0 amide bonds. The first kappa shape index (κ1) is 54.4. The number of ether oxygens (including phenoxy) is 8. The van der Waals surface area contributed by atoms with Crippen LogP contribution in [0.1, 0.15) is 132 Å². The summed E-state index contributed by atoms with van der Waals surface area (Å²) in [4.78, 5) is 65.3. The van der Waals surface area contributed by atoms with Gasteiger partial charge in [0.25, 0.3) is 0 Å². The highest BCUT2D eigenvalue weighted by molar-refractivity contribution is 5.85. The highest BCUT2D eigenvalue weighted by atomic mass is 16.7. The molecule has 4 aliphatic heterocycles. The number of methoxy groups -OCH3 is 2. The van der Waals surface area contributed by atoms with Crippen LogP contribution in [0, 0.1) is 16.7 Å². The van der Waals surface area contributed by atoms with Gasteiger partial charge in [0.15, 0.2) is 11.9 Å². The first-order valence-corrected chi connectivity index (χ1v) is 23.4. The van der Waals surface area contributed by atoms with Gasteiger partial charge in [-0.3, -0.25) is 9.59 Å². The molecule has 3 fully saturated rings. The Morgan fingerprint density at radius 2 is 1.56 bits per heavy atom. The van der Waals surface area contributed by atoms with Crippen molar-refractivity contribution in [2.45, 2.75) is 193 Å². The molecule has 16 heteroatoms. The molecule has 4 aliphatic rings. The van der Waals surface area contributed by atoms with Gasteiger partial charge >= 0.3 is 29.8 Å². The minimum Gasteiger partial charge on any atom is -0.466 e. The Hall–Kier alpha value is -4.19. The van der Waals surface area contributed by atoms with E-state index in [2.05, 4.69) is 0 Å². The molecule has 0 aliphatic carbocycles. The molecule has 370 valence electrons. The van der Waals surface area contributed by atoms with Crippen LogP contribution < -0.4 is 0 Å². The van der Waals surface area contributed by atoms with Crippen molar-refractivity contribution in [3.63, 3.8) is 0 Å². The molecule has 6 bridgehead atoms. The van der Waals surface area contributed by atoms with E-state index in [1.54, 1.807) is 45.9 Å². The van der Waals surface area contributed by atoms with Gasteiger partial charge in [-0.2, -0.15) is 0 Å². The van der Waals surface area contributed by atoms with E-state index in [0.29, 0.717) is 18.4 Å². The van der Waals surface area contributed by atoms with Crippen LogP contribution in [-0.2, 0) is 61.9 Å². The molecule has 0 spiro atoms. The second-order valence-electron chi connectivity index (χ2n) is 18.9. The summed E-state index contributed by atoms with van der Waals surface area (Å²) in [6.45, 7) is 14.1. The summed E-state index contributed by atoms with van der Waals surface area (Å²) >= 11 is 0. The standard InChI is InChI=1S/C50H74O16/c1-11-14-15-16-17-18-42(53)64-46-34(25-44(55)60-10)24-38-28-36(13-3)63-45(56)27-35(52)26-39-29-41(61-32(5)51)48(8,31(4)12-2)49(57,65-39)30-40-22-33(23-43(54)59-9)21-37(62-40)19-20-47(6,7)50(46,58)66-38/h15-20,23,25,31,35-41,46,52,57-58H,11-14,21-22,24,26-30H2,1-10H3. The Bertz CT molecular complexity index is 1860. The van der Waals surface area contributed by atoms with Crippen molar-refractivity contribution >= 4 is 29.8 Å². The third kappa shape index (κ3) is 13.5. The summed E-state index contributed by atoms with van der Waals surface area (Å²) in [6.07, 6.45) is 6.71. The lowest BCUT2D eigenvalue weighted by Gasteiger charge is -2.57. The maximum absolute atomic E-state index is 13.5. The number of hydrogen-bond donors (Lipinski definition) is 3. The molecule has 4 rings (SSSR count). The molecular weight excluding hydrogens is 857 g/mol. The summed E-state index contributed by atoms with van der Waals surface area (Å²) in [7, 11) is 2.46. The zero-order chi connectivity index (χ0) is 49.0. The lowest BCUT2D eigenvalue weighted by molar-refractivity contribution is -0.364. The average molecular weight is 931 g/mol. The van der Waals surface area contributed by atoms with Crippen LogP contribution in [0.25, 0.3) is 0 Å². The summed E-state index contributed by atoms with van der Waals surface area (Å²) < 4.78 is 47.7. The van der Waals surface area contributed by atoms with E-state index in [9.17, 15) is 39.3 Å². The fourth-order valence-electron chi connectivity index (χ4n) is 9.56. The van der Waals surface area contributed by atoms with Crippen LogP contribution in [0.3, 0.4) is 0 Å². The van der Waals surface area contributed by atoms with Gasteiger partial charge in [-0.25, -0.2) is 14.4 Å².